The van der Waals surface area contributed by atoms with Crippen LogP contribution in [-0.4, -0.2) is 34.7 Å². The summed E-state index contributed by atoms with van der Waals surface area (Å²) >= 11 is 1.20. The van der Waals surface area contributed by atoms with Gasteiger partial charge in [-0.25, -0.2) is 4.98 Å². The zero-order valence-electron chi connectivity index (χ0n) is 14.2. The SMILES string of the molecule is NC(=O)c1ccc(NC(=O)Cc2csc(NC(=O)C3CCC(=O)N3)n2)cc1. The Balaban J connectivity index is 1.52. The van der Waals surface area contributed by atoms with Crippen molar-refractivity contribution in [1.82, 2.24) is 10.3 Å². The van der Waals surface area contributed by atoms with Gasteiger partial charge in [-0.05, 0) is 30.7 Å². The monoisotopic (exact) mass is 387 g/mol. The van der Waals surface area contributed by atoms with Gasteiger partial charge in [0.1, 0.15) is 6.04 Å². The lowest BCUT2D eigenvalue weighted by atomic mass is 10.2. The number of nitrogens with zero attached hydrogens (tertiary/aromatic N) is 1. The standard InChI is InChI=1S/C17H17N5O4S/c18-15(25)9-1-3-10(4-2-9)19-14(24)7-11-8-27-17(20-11)22-16(26)12-5-6-13(23)21-12/h1-4,8,12H,5-7H2,(H2,18,25)(H,19,24)(H,21,23)(H,20,22,26). The molecule has 1 atom stereocenters. The van der Waals surface area contributed by atoms with Crippen LogP contribution >= 0.6 is 11.3 Å². The van der Waals surface area contributed by atoms with Crippen LogP contribution in [0, 0.1) is 0 Å². The van der Waals surface area contributed by atoms with Gasteiger partial charge in [0, 0.05) is 23.1 Å². The fourth-order valence-electron chi connectivity index (χ4n) is 2.54. The molecular weight excluding hydrogens is 370 g/mol. The zero-order chi connectivity index (χ0) is 19.4. The van der Waals surface area contributed by atoms with E-state index in [4.69, 9.17) is 5.73 Å². The van der Waals surface area contributed by atoms with E-state index in [0.29, 0.717) is 34.9 Å². The van der Waals surface area contributed by atoms with Crippen LogP contribution in [0.4, 0.5) is 10.8 Å². The van der Waals surface area contributed by atoms with E-state index in [9.17, 15) is 19.2 Å². The van der Waals surface area contributed by atoms with E-state index in [1.807, 2.05) is 0 Å². The number of rotatable bonds is 6. The third-order valence-electron chi connectivity index (χ3n) is 3.89. The number of hydrogen-bond acceptors (Lipinski definition) is 6. The number of thiazole rings is 1. The van der Waals surface area contributed by atoms with Crippen molar-refractivity contribution >= 4 is 45.8 Å². The maximum absolute atomic E-state index is 12.1. The van der Waals surface area contributed by atoms with Gasteiger partial charge in [0.2, 0.25) is 23.6 Å². The van der Waals surface area contributed by atoms with Crippen LogP contribution in [0.3, 0.4) is 0 Å². The fourth-order valence-corrected chi connectivity index (χ4v) is 3.25. The normalized spacial score (nSPS) is 15.9. The molecule has 2 aromatic rings. The molecule has 140 valence electrons. The predicted molar refractivity (Wildman–Crippen MR) is 99.2 cm³/mol. The minimum Gasteiger partial charge on any atom is -0.366 e. The predicted octanol–water partition coefficient (Wildman–Crippen LogP) is 0.640. The van der Waals surface area contributed by atoms with Gasteiger partial charge in [-0.3, -0.25) is 19.2 Å². The molecule has 5 N–H and O–H groups in total. The first-order valence-corrected chi connectivity index (χ1v) is 9.03. The van der Waals surface area contributed by atoms with E-state index in [2.05, 4.69) is 20.9 Å². The van der Waals surface area contributed by atoms with E-state index in [1.165, 1.54) is 23.5 Å². The molecule has 10 heteroatoms. The number of carbonyl (C=O) groups excluding carboxylic acids is 4. The number of benzene rings is 1. The summed E-state index contributed by atoms with van der Waals surface area (Å²) in [6.45, 7) is 0. The molecule has 2 heterocycles. The van der Waals surface area contributed by atoms with E-state index >= 15 is 0 Å². The highest BCUT2D eigenvalue weighted by atomic mass is 32.1. The molecular formula is C17H17N5O4S. The van der Waals surface area contributed by atoms with Crippen LogP contribution in [-0.2, 0) is 20.8 Å². The summed E-state index contributed by atoms with van der Waals surface area (Å²) in [5.41, 5.74) is 6.56. The molecule has 1 aliphatic heterocycles. The average molecular weight is 387 g/mol. The summed E-state index contributed by atoms with van der Waals surface area (Å²) in [6.07, 6.45) is 0.825. The minimum absolute atomic E-state index is 0.0319. The van der Waals surface area contributed by atoms with Crippen molar-refractivity contribution in [2.24, 2.45) is 5.73 Å². The number of primary amides is 1. The molecule has 9 nitrogen and oxygen atoms in total. The minimum atomic E-state index is -0.545. The zero-order valence-corrected chi connectivity index (χ0v) is 15.0. The molecule has 0 spiro atoms. The maximum Gasteiger partial charge on any atom is 0.248 e. The Hall–Kier alpha value is -3.27. The van der Waals surface area contributed by atoms with Gasteiger partial charge >= 0.3 is 0 Å². The lowest BCUT2D eigenvalue weighted by molar-refractivity contribution is -0.122. The molecule has 27 heavy (non-hydrogen) atoms. The lowest BCUT2D eigenvalue weighted by Crippen LogP contribution is -2.37. The summed E-state index contributed by atoms with van der Waals surface area (Å²) < 4.78 is 0. The van der Waals surface area contributed by atoms with Gasteiger partial charge in [-0.1, -0.05) is 0 Å². The van der Waals surface area contributed by atoms with Crippen LogP contribution in [0.2, 0.25) is 0 Å². The number of aromatic nitrogens is 1. The topological polar surface area (TPSA) is 143 Å². The van der Waals surface area contributed by atoms with Crippen LogP contribution < -0.4 is 21.7 Å². The van der Waals surface area contributed by atoms with Crippen LogP contribution in [0.25, 0.3) is 0 Å². The van der Waals surface area contributed by atoms with Crippen molar-refractivity contribution in [2.75, 3.05) is 10.6 Å². The Kier molecular flexibility index (Phi) is 5.46. The van der Waals surface area contributed by atoms with E-state index in [0.717, 1.165) is 0 Å². The van der Waals surface area contributed by atoms with E-state index in [1.54, 1.807) is 17.5 Å². The number of hydrogen-bond donors (Lipinski definition) is 4. The quantitative estimate of drug-likeness (QED) is 0.575. The number of carbonyl (C=O) groups is 4. The molecule has 1 aromatic carbocycles. The van der Waals surface area contributed by atoms with Crippen molar-refractivity contribution in [3.8, 4) is 0 Å². The number of anilines is 2. The Morgan fingerprint density at radius 1 is 1.22 bits per heavy atom. The smallest absolute Gasteiger partial charge is 0.248 e. The van der Waals surface area contributed by atoms with Crippen LogP contribution in [0.1, 0.15) is 28.9 Å². The van der Waals surface area contributed by atoms with Gasteiger partial charge in [0.15, 0.2) is 5.13 Å². The first-order valence-electron chi connectivity index (χ1n) is 8.15. The molecule has 4 amide bonds. The van der Waals surface area contributed by atoms with Gasteiger partial charge in [0.25, 0.3) is 0 Å². The Bertz CT molecular complexity index is 893. The van der Waals surface area contributed by atoms with Gasteiger partial charge in [0.05, 0.1) is 12.1 Å². The summed E-state index contributed by atoms with van der Waals surface area (Å²) in [5.74, 6) is -1.29. The first kappa shape index (κ1) is 18.5. The fraction of sp³-hybridized carbons (Fsp3) is 0.235. The maximum atomic E-state index is 12.1. The van der Waals surface area contributed by atoms with Crippen molar-refractivity contribution in [3.63, 3.8) is 0 Å². The van der Waals surface area contributed by atoms with E-state index in [-0.39, 0.29) is 24.1 Å². The van der Waals surface area contributed by atoms with Gasteiger partial charge in [-0.15, -0.1) is 11.3 Å². The molecule has 1 saturated heterocycles. The largest absolute Gasteiger partial charge is 0.366 e. The Labute approximate surface area is 158 Å². The molecule has 0 bridgehead atoms. The highest BCUT2D eigenvalue weighted by molar-refractivity contribution is 7.13. The highest BCUT2D eigenvalue weighted by Gasteiger charge is 2.27. The number of nitrogens with one attached hydrogen (secondary N) is 3. The highest BCUT2D eigenvalue weighted by Crippen LogP contribution is 2.18. The number of amides is 4. The lowest BCUT2D eigenvalue weighted by Gasteiger charge is -2.08. The summed E-state index contributed by atoms with van der Waals surface area (Å²) in [4.78, 5) is 50.6. The third-order valence-corrected chi connectivity index (χ3v) is 4.70. The van der Waals surface area contributed by atoms with Gasteiger partial charge in [-0.2, -0.15) is 0 Å². The molecule has 1 unspecified atom stereocenters. The molecule has 1 fully saturated rings. The van der Waals surface area contributed by atoms with Crippen molar-refractivity contribution in [1.29, 1.82) is 0 Å². The molecule has 0 radical (unpaired) electrons. The second-order valence-electron chi connectivity index (χ2n) is 5.96. The Morgan fingerprint density at radius 2 is 1.96 bits per heavy atom. The third kappa shape index (κ3) is 4.88. The second kappa shape index (κ2) is 7.96. The molecule has 0 aliphatic carbocycles. The second-order valence-corrected chi connectivity index (χ2v) is 6.82. The summed E-state index contributed by atoms with van der Waals surface area (Å²) in [7, 11) is 0. The van der Waals surface area contributed by atoms with Crippen molar-refractivity contribution in [2.45, 2.75) is 25.3 Å². The molecule has 0 saturated carbocycles. The van der Waals surface area contributed by atoms with Crippen LogP contribution in [0.5, 0.6) is 0 Å². The van der Waals surface area contributed by atoms with Gasteiger partial charge < -0.3 is 21.7 Å². The first-order chi connectivity index (χ1) is 12.9. The average Bonchev–Trinajstić information content (AvgIpc) is 3.24. The van der Waals surface area contributed by atoms with Crippen molar-refractivity contribution < 1.29 is 19.2 Å². The molecule has 3 rings (SSSR count). The Morgan fingerprint density at radius 3 is 2.59 bits per heavy atom. The van der Waals surface area contributed by atoms with Crippen LogP contribution in [0.15, 0.2) is 29.6 Å². The summed E-state index contributed by atoms with van der Waals surface area (Å²) in [6, 6.07) is 5.67. The molecule has 1 aromatic heterocycles. The number of nitrogens with two attached hydrogens (primary N) is 1. The van der Waals surface area contributed by atoms with E-state index < -0.39 is 11.9 Å². The molecule has 1 aliphatic rings. The van der Waals surface area contributed by atoms with Crippen molar-refractivity contribution in [3.05, 3.63) is 40.9 Å². The summed E-state index contributed by atoms with van der Waals surface area (Å²) in [5, 5.41) is 9.97.